The number of hydrogen-bond acceptors (Lipinski definition) is 4. The van der Waals surface area contributed by atoms with Crippen molar-refractivity contribution < 1.29 is 29.4 Å². The van der Waals surface area contributed by atoms with Crippen LogP contribution in [0.4, 0.5) is 0 Å². The van der Waals surface area contributed by atoms with Gasteiger partial charge in [0.05, 0.1) is 23.7 Å². The predicted molar refractivity (Wildman–Crippen MR) is 90.8 cm³/mol. The fraction of sp³-hybridized carbons (Fsp3) is 0.200. The lowest BCUT2D eigenvalue weighted by molar-refractivity contribution is -0.164. The summed E-state index contributed by atoms with van der Waals surface area (Å²) >= 11 is 0. The van der Waals surface area contributed by atoms with Crippen LogP contribution in [0, 0.1) is 23.7 Å². The molecule has 1 saturated carbocycles. The van der Waals surface area contributed by atoms with Crippen LogP contribution in [0.1, 0.15) is 20.7 Å². The van der Waals surface area contributed by atoms with Gasteiger partial charge in [-0.15, -0.1) is 0 Å². The summed E-state index contributed by atoms with van der Waals surface area (Å²) in [6, 6.07) is 15.9. The Morgan fingerprint density at radius 3 is 1.12 bits per heavy atom. The molecular weight excluding hydrogens is 336 g/mol. The number of Topliss-reactive ketones (excluding diaryl/α,β-unsaturated/α-hetero) is 2. The maximum absolute atomic E-state index is 12.7. The number of aliphatic carboxylic acids is 2. The van der Waals surface area contributed by atoms with Gasteiger partial charge in [0.25, 0.3) is 0 Å². The van der Waals surface area contributed by atoms with Gasteiger partial charge >= 0.3 is 11.9 Å². The molecule has 3 rings (SSSR count). The summed E-state index contributed by atoms with van der Waals surface area (Å²) in [5.74, 6) is -9.09. The molecule has 1 fully saturated rings. The highest BCUT2D eigenvalue weighted by Crippen LogP contribution is 2.49. The second-order valence-corrected chi connectivity index (χ2v) is 6.24. The summed E-state index contributed by atoms with van der Waals surface area (Å²) < 4.78 is 0. The lowest BCUT2D eigenvalue weighted by atomic mass is 9.52. The molecule has 6 nitrogen and oxygen atoms in total. The van der Waals surface area contributed by atoms with Crippen LogP contribution >= 0.6 is 0 Å². The SMILES string of the molecule is O=C(O)C1C(C(=O)c2ccccc2)C(C(=O)O)C1C(=O)c1ccccc1. The zero-order chi connectivity index (χ0) is 18.8. The lowest BCUT2D eigenvalue weighted by Crippen LogP contribution is -2.59. The number of carbonyl (C=O) groups excluding carboxylic acids is 2. The number of rotatable bonds is 6. The number of carbonyl (C=O) groups is 4. The van der Waals surface area contributed by atoms with Crippen molar-refractivity contribution in [1.29, 1.82) is 0 Å². The first-order chi connectivity index (χ1) is 12.4. The third kappa shape index (κ3) is 2.90. The van der Waals surface area contributed by atoms with Crippen LogP contribution in [0.15, 0.2) is 60.7 Å². The molecule has 0 spiro atoms. The maximum atomic E-state index is 12.7. The molecule has 0 amide bonds. The van der Waals surface area contributed by atoms with E-state index in [1.807, 2.05) is 0 Å². The minimum atomic E-state index is -1.36. The molecule has 6 heteroatoms. The molecule has 0 aromatic heterocycles. The van der Waals surface area contributed by atoms with Crippen LogP contribution in [-0.4, -0.2) is 33.7 Å². The van der Waals surface area contributed by atoms with Crippen LogP contribution < -0.4 is 0 Å². The Bertz CT molecular complexity index is 777. The predicted octanol–water partition coefficient (Wildman–Crippen LogP) is 2.40. The van der Waals surface area contributed by atoms with E-state index in [1.165, 1.54) is 24.3 Å². The van der Waals surface area contributed by atoms with Crippen molar-refractivity contribution in [3.63, 3.8) is 0 Å². The summed E-state index contributed by atoms with van der Waals surface area (Å²) in [6.45, 7) is 0. The highest BCUT2D eigenvalue weighted by atomic mass is 16.4. The Labute approximate surface area is 149 Å². The molecule has 0 atom stereocenters. The van der Waals surface area contributed by atoms with Gasteiger partial charge < -0.3 is 10.2 Å². The van der Waals surface area contributed by atoms with Crippen molar-refractivity contribution in [1.82, 2.24) is 0 Å². The molecule has 0 saturated heterocycles. The highest BCUT2D eigenvalue weighted by molar-refractivity contribution is 6.10. The summed E-state index contributed by atoms with van der Waals surface area (Å²) in [5, 5.41) is 19.1. The average molecular weight is 352 g/mol. The standard InChI is InChI=1S/C20H16O6/c21-17(11-7-3-1-4-8-11)13-15(19(23)24)14(16(13)20(25)26)18(22)12-9-5-2-6-10-12/h1-10,13-16H,(H,23,24)(H,25,26). The quantitative estimate of drug-likeness (QED) is 0.773. The van der Waals surface area contributed by atoms with Crippen LogP contribution in [0.2, 0.25) is 0 Å². The first-order valence-corrected chi connectivity index (χ1v) is 8.07. The average Bonchev–Trinajstić information content (AvgIpc) is 2.61. The van der Waals surface area contributed by atoms with E-state index in [-0.39, 0.29) is 11.1 Å². The summed E-state index contributed by atoms with van der Waals surface area (Å²) in [5.41, 5.74) is 0.473. The maximum Gasteiger partial charge on any atom is 0.308 e. The summed E-state index contributed by atoms with van der Waals surface area (Å²) in [7, 11) is 0. The van der Waals surface area contributed by atoms with E-state index in [2.05, 4.69) is 0 Å². The molecule has 1 aliphatic rings. The zero-order valence-electron chi connectivity index (χ0n) is 13.6. The monoisotopic (exact) mass is 352 g/mol. The van der Waals surface area contributed by atoms with Crippen molar-refractivity contribution in [2.24, 2.45) is 23.7 Å². The van der Waals surface area contributed by atoms with E-state index in [1.54, 1.807) is 36.4 Å². The molecule has 132 valence electrons. The largest absolute Gasteiger partial charge is 0.481 e. The molecule has 0 heterocycles. The number of carboxylic acids is 2. The Balaban J connectivity index is 1.98. The summed E-state index contributed by atoms with van der Waals surface area (Å²) in [6.07, 6.45) is 0. The Morgan fingerprint density at radius 1 is 0.538 bits per heavy atom. The molecule has 2 aromatic carbocycles. The highest BCUT2D eigenvalue weighted by Gasteiger charge is 2.63. The first kappa shape index (κ1) is 17.5. The van der Waals surface area contributed by atoms with Crippen molar-refractivity contribution in [3.8, 4) is 0 Å². The van der Waals surface area contributed by atoms with E-state index >= 15 is 0 Å². The molecule has 1 aliphatic carbocycles. The van der Waals surface area contributed by atoms with Gasteiger partial charge in [0.2, 0.25) is 0 Å². The van der Waals surface area contributed by atoms with Crippen molar-refractivity contribution in [2.45, 2.75) is 0 Å². The minimum absolute atomic E-state index is 0.237. The molecular formula is C20H16O6. The van der Waals surface area contributed by atoms with E-state index in [4.69, 9.17) is 0 Å². The normalized spacial score (nSPS) is 24.3. The molecule has 0 radical (unpaired) electrons. The fourth-order valence-corrected chi connectivity index (χ4v) is 3.60. The van der Waals surface area contributed by atoms with Crippen molar-refractivity contribution in [2.75, 3.05) is 0 Å². The fourth-order valence-electron chi connectivity index (χ4n) is 3.60. The molecule has 2 N–H and O–H groups in total. The minimum Gasteiger partial charge on any atom is -0.481 e. The van der Waals surface area contributed by atoms with Gasteiger partial charge in [0, 0.05) is 11.1 Å². The second-order valence-electron chi connectivity index (χ2n) is 6.24. The van der Waals surface area contributed by atoms with Gasteiger partial charge in [-0.25, -0.2) is 0 Å². The summed E-state index contributed by atoms with van der Waals surface area (Å²) in [4.78, 5) is 48.9. The third-order valence-corrected chi connectivity index (χ3v) is 4.84. The number of ketones is 2. The van der Waals surface area contributed by atoms with Crippen LogP contribution in [0.25, 0.3) is 0 Å². The van der Waals surface area contributed by atoms with Crippen LogP contribution in [0.3, 0.4) is 0 Å². The molecule has 2 aromatic rings. The number of carboxylic acid groups (broad SMARTS) is 2. The van der Waals surface area contributed by atoms with E-state index in [0.29, 0.717) is 0 Å². The molecule has 26 heavy (non-hydrogen) atoms. The van der Waals surface area contributed by atoms with Crippen LogP contribution in [-0.2, 0) is 9.59 Å². The van der Waals surface area contributed by atoms with Gasteiger partial charge in [0.1, 0.15) is 0 Å². The van der Waals surface area contributed by atoms with Crippen molar-refractivity contribution >= 4 is 23.5 Å². The van der Waals surface area contributed by atoms with Gasteiger partial charge in [-0.3, -0.25) is 19.2 Å². The first-order valence-electron chi connectivity index (χ1n) is 8.07. The Kier molecular flexibility index (Phi) is 4.67. The molecule has 0 unspecified atom stereocenters. The van der Waals surface area contributed by atoms with E-state index in [9.17, 15) is 29.4 Å². The van der Waals surface area contributed by atoms with E-state index in [0.717, 1.165) is 0 Å². The van der Waals surface area contributed by atoms with Gasteiger partial charge in [-0.2, -0.15) is 0 Å². The Hall–Kier alpha value is -3.28. The lowest BCUT2D eigenvalue weighted by Gasteiger charge is -2.45. The zero-order valence-corrected chi connectivity index (χ0v) is 13.6. The van der Waals surface area contributed by atoms with Crippen molar-refractivity contribution in [3.05, 3.63) is 71.8 Å². The molecule has 0 bridgehead atoms. The molecule has 0 aliphatic heterocycles. The topological polar surface area (TPSA) is 109 Å². The van der Waals surface area contributed by atoms with Gasteiger partial charge in [-0.05, 0) is 0 Å². The van der Waals surface area contributed by atoms with Gasteiger partial charge in [-0.1, -0.05) is 60.7 Å². The smallest absolute Gasteiger partial charge is 0.308 e. The Morgan fingerprint density at radius 2 is 0.846 bits per heavy atom. The number of benzene rings is 2. The van der Waals surface area contributed by atoms with Crippen LogP contribution in [0.5, 0.6) is 0 Å². The van der Waals surface area contributed by atoms with Gasteiger partial charge in [0.15, 0.2) is 11.6 Å². The second kappa shape index (κ2) is 6.92. The number of hydrogen-bond donors (Lipinski definition) is 2. The third-order valence-electron chi connectivity index (χ3n) is 4.84. The van der Waals surface area contributed by atoms with E-state index < -0.39 is 47.2 Å².